The van der Waals surface area contributed by atoms with Crippen molar-refractivity contribution in [3.63, 3.8) is 0 Å². The number of carbonyl (C=O) groups excluding carboxylic acids is 1. The highest BCUT2D eigenvalue weighted by Crippen LogP contribution is 2.22. The Morgan fingerprint density at radius 1 is 1.15 bits per heavy atom. The van der Waals surface area contributed by atoms with Crippen molar-refractivity contribution in [1.29, 1.82) is 0 Å². The molecule has 8 heteroatoms. The minimum absolute atomic E-state index is 0.0530. The lowest BCUT2D eigenvalue weighted by Gasteiger charge is -2.23. The molecule has 6 nitrogen and oxygen atoms in total. The van der Waals surface area contributed by atoms with E-state index in [1.807, 2.05) is 13.8 Å². The maximum Gasteiger partial charge on any atom is 0.269 e. The van der Waals surface area contributed by atoms with Gasteiger partial charge in [-0.2, -0.15) is 0 Å². The van der Waals surface area contributed by atoms with Crippen molar-refractivity contribution in [3.8, 4) is 0 Å². The summed E-state index contributed by atoms with van der Waals surface area (Å²) in [7, 11) is -1.62. The van der Waals surface area contributed by atoms with E-state index in [4.69, 9.17) is 0 Å². The molecule has 0 aliphatic carbocycles. The van der Waals surface area contributed by atoms with Crippen LogP contribution in [0.4, 0.5) is 10.1 Å². The van der Waals surface area contributed by atoms with E-state index in [0.717, 1.165) is 5.56 Å². The number of hydrogen-bond acceptors (Lipinski definition) is 4. The van der Waals surface area contributed by atoms with Crippen LogP contribution in [0.5, 0.6) is 0 Å². The number of non-ortho nitro benzene ring substituents is 1. The molecular formula is C18H19FN2O4S. The fourth-order valence-corrected chi connectivity index (χ4v) is 3.37. The van der Waals surface area contributed by atoms with Gasteiger partial charge >= 0.3 is 0 Å². The maximum atomic E-state index is 13.1. The van der Waals surface area contributed by atoms with Crippen LogP contribution in [0.2, 0.25) is 0 Å². The molecule has 0 fully saturated rings. The lowest BCUT2D eigenvalue weighted by atomic mass is 9.96. The molecular weight excluding hydrogens is 359 g/mol. The highest BCUT2D eigenvalue weighted by molar-refractivity contribution is 7.85. The molecule has 0 unspecified atom stereocenters. The minimum Gasteiger partial charge on any atom is -0.348 e. The highest BCUT2D eigenvalue weighted by Gasteiger charge is 2.20. The SMILES string of the molecule is CC(C)[C@H](NC(=O)C[S@](=O)c1ccc([N+](=O)[O-])cc1)c1ccc(F)cc1. The molecule has 1 amide bonds. The quantitative estimate of drug-likeness (QED) is 0.591. The predicted octanol–water partition coefficient (Wildman–Crippen LogP) is 3.36. The van der Waals surface area contributed by atoms with E-state index < -0.39 is 21.6 Å². The summed E-state index contributed by atoms with van der Waals surface area (Å²) in [4.78, 5) is 22.7. The molecule has 1 N–H and O–H groups in total. The van der Waals surface area contributed by atoms with Crippen molar-refractivity contribution in [3.05, 3.63) is 70.0 Å². The zero-order chi connectivity index (χ0) is 19.3. The van der Waals surface area contributed by atoms with Crippen molar-refractivity contribution in [2.45, 2.75) is 24.8 Å². The first kappa shape index (κ1) is 19.7. The molecule has 2 atom stereocenters. The van der Waals surface area contributed by atoms with Gasteiger partial charge in [-0.25, -0.2) is 4.39 Å². The number of nitro groups is 1. The van der Waals surface area contributed by atoms with Crippen LogP contribution in [0.15, 0.2) is 53.4 Å². The summed E-state index contributed by atoms with van der Waals surface area (Å²) < 4.78 is 25.4. The summed E-state index contributed by atoms with van der Waals surface area (Å²) in [6.45, 7) is 3.84. The highest BCUT2D eigenvalue weighted by atomic mass is 32.2. The van der Waals surface area contributed by atoms with E-state index in [1.165, 1.54) is 36.4 Å². The molecule has 0 saturated heterocycles. The second-order valence-electron chi connectivity index (χ2n) is 6.08. The van der Waals surface area contributed by atoms with Gasteiger partial charge in [-0.3, -0.25) is 19.1 Å². The standard InChI is InChI=1S/C18H19FN2O4S/c1-12(2)18(13-3-5-14(19)6-4-13)20-17(22)11-26(25)16-9-7-15(8-10-16)21(23)24/h3-10,12,18H,11H2,1-2H3,(H,20,22)/t18-,26-/m0/s1. The van der Waals surface area contributed by atoms with Crippen LogP contribution in [0.3, 0.4) is 0 Å². The summed E-state index contributed by atoms with van der Waals surface area (Å²) >= 11 is 0. The van der Waals surface area contributed by atoms with Gasteiger partial charge < -0.3 is 5.32 Å². The number of hydrogen-bond donors (Lipinski definition) is 1. The van der Waals surface area contributed by atoms with Crippen molar-refractivity contribution in [1.82, 2.24) is 5.32 Å². The van der Waals surface area contributed by atoms with Crippen LogP contribution < -0.4 is 5.32 Å². The van der Waals surface area contributed by atoms with Gasteiger partial charge in [0.05, 0.1) is 21.8 Å². The molecule has 138 valence electrons. The summed E-state index contributed by atoms with van der Waals surface area (Å²) in [5.41, 5.74) is 0.655. The third-order valence-electron chi connectivity index (χ3n) is 3.78. The first-order chi connectivity index (χ1) is 12.3. The summed E-state index contributed by atoms with van der Waals surface area (Å²) in [5.74, 6) is -0.980. The van der Waals surface area contributed by atoms with Gasteiger partial charge in [0.15, 0.2) is 0 Å². The summed E-state index contributed by atoms with van der Waals surface area (Å²) in [5, 5.41) is 13.5. The number of nitrogens with zero attached hydrogens (tertiary/aromatic N) is 1. The molecule has 2 aromatic rings. The van der Waals surface area contributed by atoms with E-state index in [2.05, 4.69) is 5.32 Å². The van der Waals surface area contributed by atoms with Crippen LogP contribution in [0.1, 0.15) is 25.5 Å². The molecule has 0 heterocycles. The van der Waals surface area contributed by atoms with Crippen molar-refractivity contribution >= 4 is 22.4 Å². The van der Waals surface area contributed by atoms with Crippen LogP contribution in [0.25, 0.3) is 0 Å². The molecule has 0 bridgehead atoms. The number of nitrogens with one attached hydrogen (secondary N) is 1. The Hall–Kier alpha value is -2.61. The van der Waals surface area contributed by atoms with Crippen LogP contribution in [-0.4, -0.2) is 20.8 Å². The second-order valence-corrected chi connectivity index (χ2v) is 7.53. The Morgan fingerprint density at radius 2 is 1.73 bits per heavy atom. The Balaban J connectivity index is 2.04. The molecule has 0 aromatic heterocycles. The molecule has 0 aliphatic rings. The Bertz CT molecular complexity index is 807. The molecule has 0 saturated carbocycles. The molecule has 0 radical (unpaired) electrons. The third-order valence-corrected chi connectivity index (χ3v) is 5.11. The van der Waals surface area contributed by atoms with Gasteiger partial charge in [-0.05, 0) is 35.7 Å². The Labute approximate surface area is 153 Å². The first-order valence-electron chi connectivity index (χ1n) is 7.95. The predicted molar refractivity (Wildman–Crippen MR) is 96.5 cm³/mol. The molecule has 2 aromatic carbocycles. The van der Waals surface area contributed by atoms with E-state index in [0.29, 0.717) is 4.90 Å². The van der Waals surface area contributed by atoms with Crippen molar-refractivity contribution in [2.24, 2.45) is 5.92 Å². The zero-order valence-electron chi connectivity index (χ0n) is 14.3. The van der Waals surface area contributed by atoms with Crippen molar-refractivity contribution < 1.29 is 18.3 Å². The zero-order valence-corrected chi connectivity index (χ0v) is 15.2. The maximum absolute atomic E-state index is 13.1. The fraction of sp³-hybridized carbons (Fsp3) is 0.278. The minimum atomic E-state index is -1.62. The van der Waals surface area contributed by atoms with Crippen LogP contribution in [-0.2, 0) is 15.6 Å². The molecule has 26 heavy (non-hydrogen) atoms. The van der Waals surface area contributed by atoms with Gasteiger partial charge in [0, 0.05) is 17.0 Å². The van der Waals surface area contributed by atoms with Crippen molar-refractivity contribution in [2.75, 3.05) is 5.75 Å². The average Bonchev–Trinajstić information content (AvgIpc) is 2.60. The number of carbonyl (C=O) groups is 1. The van der Waals surface area contributed by atoms with Gasteiger partial charge in [0.2, 0.25) is 5.91 Å². The second kappa shape index (κ2) is 8.66. The van der Waals surface area contributed by atoms with Gasteiger partial charge in [-0.15, -0.1) is 0 Å². The van der Waals surface area contributed by atoms with Crippen LogP contribution >= 0.6 is 0 Å². The molecule has 0 aliphatic heterocycles. The number of amides is 1. The Morgan fingerprint density at radius 3 is 2.23 bits per heavy atom. The van der Waals surface area contributed by atoms with E-state index in [-0.39, 0.29) is 29.2 Å². The largest absolute Gasteiger partial charge is 0.348 e. The summed E-state index contributed by atoms with van der Waals surface area (Å²) in [6.07, 6.45) is 0. The lowest BCUT2D eigenvalue weighted by Crippen LogP contribution is -2.34. The van der Waals surface area contributed by atoms with Gasteiger partial charge in [0.25, 0.3) is 5.69 Å². The monoisotopic (exact) mass is 378 g/mol. The number of nitro benzene ring substituents is 1. The van der Waals surface area contributed by atoms with Gasteiger partial charge in [0.1, 0.15) is 11.6 Å². The third kappa shape index (κ3) is 5.19. The lowest BCUT2D eigenvalue weighted by molar-refractivity contribution is -0.384. The van der Waals surface area contributed by atoms with E-state index >= 15 is 0 Å². The number of halogens is 1. The first-order valence-corrected chi connectivity index (χ1v) is 9.27. The van der Waals surface area contributed by atoms with Gasteiger partial charge in [-0.1, -0.05) is 26.0 Å². The van der Waals surface area contributed by atoms with Crippen LogP contribution in [0, 0.1) is 21.8 Å². The Kier molecular flexibility index (Phi) is 6.57. The average molecular weight is 378 g/mol. The number of benzene rings is 2. The van der Waals surface area contributed by atoms with E-state index in [1.54, 1.807) is 12.1 Å². The molecule has 0 spiro atoms. The fourth-order valence-electron chi connectivity index (χ4n) is 2.44. The van der Waals surface area contributed by atoms with E-state index in [9.17, 15) is 23.5 Å². The number of rotatable bonds is 7. The topological polar surface area (TPSA) is 89.3 Å². The molecule has 2 rings (SSSR count). The normalized spacial score (nSPS) is 13.2. The smallest absolute Gasteiger partial charge is 0.269 e. The summed E-state index contributed by atoms with van der Waals surface area (Å²) in [6, 6.07) is 10.8.